The van der Waals surface area contributed by atoms with Crippen LogP contribution >= 0.6 is 0 Å². The summed E-state index contributed by atoms with van der Waals surface area (Å²) >= 11 is 0. The third-order valence-electron chi connectivity index (χ3n) is 2.02. The number of benzene rings is 1. The molecule has 5 heteroatoms. The highest BCUT2D eigenvalue weighted by atomic mass is 19.3. The first kappa shape index (κ1) is 12.1. The van der Waals surface area contributed by atoms with E-state index in [4.69, 9.17) is 5.26 Å². The molecule has 84 valence electrons. The predicted octanol–water partition coefficient (Wildman–Crippen LogP) is 1.90. The fourth-order valence-corrected chi connectivity index (χ4v) is 1.20. The Kier molecular flexibility index (Phi) is 3.95. The highest BCUT2D eigenvalue weighted by molar-refractivity contribution is 5.94. The highest BCUT2D eigenvalue weighted by Crippen LogP contribution is 2.07. The molecule has 1 aromatic carbocycles. The third kappa shape index (κ3) is 3.02. The summed E-state index contributed by atoms with van der Waals surface area (Å²) < 4.78 is 24.1. The maximum atomic E-state index is 12.0. The average Bonchev–Trinajstić information content (AvgIpc) is 2.27. The van der Waals surface area contributed by atoms with Crippen molar-refractivity contribution in [2.24, 2.45) is 0 Å². The maximum Gasteiger partial charge on any atom is 0.255 e. The number of hydrogen-bond acceptors (Lipinski definition) is 2. The molecule has 0 N–H and O–H groups in total. The molecule has 16 heavy (non-hydrogen) atoms. The van der Waals surface area contributed by atoms with Gasteiger partial charge in [0.05, 0.1) is 18.2 Å². The van der Waals surface area contributed by atoms with Crippen molar-refractivity contribution >= 4 is 5.91 Å². The van der Waals surface area contributed by atoms with Crippen LogP contribution in [0.25, 0.3) is 0 Å². The first-order chi connectivity index (χ1) is 7.54. The second-order valence-corrected chi connectivity index (χ2v) is 3.27. The molecular weight excluding hydrogens is 214 g/mol. The van der Waals surface area contributed by atoms with E-state index in [1.165, 1.54) is 31.3 Å². The number of alkyl halides is 2. The molecule has 0 heterocycles. The Balaban J connectivity index is 2.77. The summed E-state index contributed by atoms with van der Waals surface area (Å²) in [5, 5.41) is 8.55. The zero-order chi connectivity index (χ0) is 12.1. The van der Waals surface area contributed by atoms with E-state index in [0.29, 0.717) is 11.1 Å². The molecule has 1 aromatic rings. The van der Waals surface area contributed by atoms with Crippen molar-refractivity contribution in [3.05, 3.63) is 35.4 Å². The minimum Gasteiger partial charge on any atom is -0.336 e. The lowest BCUT2D eigenvalue weighted by Gasteiger charge is -2.16. The molecule has 0 spiro atoms. The smallest absolute Gasteiger partial charge is 0.255 e. The van der Waals surface area contributed by atoms with Crippen LogP contribution < -0.4 is 0 Å². The summed E-state index contributed by atoms with van der Waals surface area (Å²) in [6.07, 6.45) is -2.55. The molecule has 1 amide bonds. The SMILES string of the molecule is CN(CC(F)F)C(=O)c1ccc(C#N)cc1. The monoisotopic (exact) mass is 224 g/mol. The van der Waals surface area contributed by atoms with Gasteiger partial charge in [-0.05, 0) is 24.3 Å². The molecule has 0 saturated carbocycles. The molecule has 3 nitrogen and oxygen atoms in total. The number of carbonyl (C=O) groups is 1. The third-order valence-corrected chi connectivity index (χ3v) is 2.02. The second-order valence-electron chi connectivity index (χ2n) is 3.27. The summed E-state index contributed by atoms with van der Waals surface area (Å²) in [5.41, 5.74) is 0.718. The van der Waals surface area contributed by atoms with E-state index >= 15 is 0 Å². The van der Waals surface area contributed by atoms with Gasteiger partial charge in [-0.3, -0.25) is 4.79 Å². The predicted molar refractivity (Wildman–Crippen MR) is 54.1 cm³/mol. The van der Waals surface area contributed by atoms with Crippen LogP contribution in [0.4, 0.5) is 8.78 Å². The standard InChI is InChI=1S/C11H10F2N2O/c1-15(7-10(12)13)11(16)9-4-2-8(6-14)3-5-9/h2-5,10H,7H2,1H3. The molecule has 0 fully saturated rings. The van der Waals surface area contributed by atoms with E-state index in [-0.39, 0.29) is 0 Å². The Morgan fingerprint density at radius 3 is 2.44 bits per heavy atom. The lowest BCUT2D eigenvalue weighted by atomic mass is 10.1. The number of rotatable bonds is 3. The van der Waals surface area contributed by atoms with E-state index in [1.54, 1.807) is 0 Å². The number of amides is 1. The van der Waals surface area contributed by atoms with Crippen molar-refractivity contribution in [3.63, 3.8) is 0 Å². The van der Waals surface area contributed by atoms with Crippen molar-refractivity contribution in [2.45, 2.75) is 6.43 Å². The molecule has 0 bridgehead atoms. The minimum absolute atomic E-state index is 0.294. The van der Waals surface area contributed by atoms with Gasteiger partial charge in [-0.1, -0.05) is 0 Å². The van der Waals surface area contributed by atoms with Crippen LogP contribution in [0.1, 0.15) is 15.9 Å². The molecule has 0 aliphatic carbocycles. The normalized spacial score (nSPS) is 9.94. The van der Waals surface area contributed by atoms with E-state index in [0.717, 1.165) is 4.90 Å². The van der Waals surface area contributed by atoms with Crippen LogP contribution in [0.5, 0.6) is 0 Å². The Hall–Kier alpha value is -1.96. The lowest BCUT2D eigenvalue weighted by Crippen LogP contribution is -2.31. The lowest BCUT2D eigenvalue weighted by molar-refractivity contribution is 0.0620. The quantitative estimate of drug-likeness (QED) is 0.787. The van der Waals surface area contributed by atoms with Gasteiger partial charge in [0, 0.05) is 12.6 Å². The van der Waals surface area contributed by atoms with Crippen molar-refractivity contribution in [1.29, 1.82) is 5.26 Å². The second kappa shape index (κ2) is 5.21. The Morgan fingerprint density at radius 1 is 1.44 bits per heavy atom. The van der Waals surface area contributed by atoms with Gasteiger partial charge in [-0.2, -0.15) is 5.26 Å². The van der Waals surface area contributed by atoms with Gasteiger partial charge in [0.25, 0.3) is 12.3 Å². The van der Waals surface area contributed by atoms with Crippen LogP contribution in [0.15, 0.2) is 24.3 Å². The Bertz CT molecular complexity index is 409. The molecule has 0 radical (unpaired) electrons. The van der Waals surface area contributed by atoms with Crippen LogP contribution in [0.3, 0.4) is 0 Å². The Labute approximate surface area is 91.9 Å². The molecular formula is C11H10F2N2O. The van der Waals surface area contributed by atoms with Gasteiger partial charge in [-0.15, -0.1) is 0 Å². The van der Waals surface area contributed by atoms with Gasteiger partial charge >= 0.3 is 0 Å². The van der Waals surface area contributed by atoms with Crippen LogP contribution in [0, 0.1) is 11.3 Å². The first-order valence-corrected chi connectivity index (χ1v) is 4.58. The number of carbonyl (C=O) groups excluding carboxylic acids is 1. The summed E-state index contributed by atoms with van der Waals surface area (Å²) in [6.45, 7) is -0.598. The Morgan fingerprint density at radius 2 is 2.00 bits per heavy atom. The van der Waals surface area contributed by atoms with Crippen molar-refractivity contribution in [3.8, 4) is 6.07 Å². The van der Waals surface area contributed by atoms with E-state index in [9.17, 15) is 13.6 Å². The topological polar surface area (TPSA) is 44.1 Å². The molecule has 0 aliphatic heterocycles. The average molecular weight is 224 g/mol. The summed E-state index contributed by atoms with van der Waals surface area (Å²) in [5.74, 6) is -0.482. The molecule has 0 atom stereocenters. The summed E-state index contributed by atoms with van der Waals surface area (Å²) in [6, 6.07) is 7.76. The largest absolute Gasteiger partial charge is 0.336 e. The molecule has 0 aromatic heterocycles. The van der Waals surface area contributed by atoms with Crippen LogP contribution in [-0.2, 0) is 0 Å². The summed E-state index contributed by atoms with van der Waals surface area (Å²) in [7, 11) is 1.31. The fraction of sp³-hybridized carbons (Fsp3) is 0.273. The molecule has 0 aliphatic rings. The fourth-order valence-electron chi connectivity index (χ4n) is 1.20. The van der Waals surface area contributed by atoms with Crippen molar-refractivity contribution in [1.82, 2.24) is 4.90 Å². The van der Waals surface area contributed by atoms with Gasteiger partial charge in [0.2, 0.25) is 0 Å². The van der Waals surface area contributed by atoms with E-state index < -0.39 is 18.9 Å². The molecule has 1 rings (SSSR count). The van der Waals surface area contributed by atoms with Crippen molar-refractivity contribution < 1.29 is 13.6 Å². The number of nitriles is 1. The van der Waals surface area contributed by atoms with Gasteiger partial charge in [0.15, 0.2) is 0 Å². The zero-order valence-corrected chi connectivity index (χ0v) is 8.65. The van der Waals surface area contributed by atoms with Crippen molar-refractivity contribution in [2.75, 3.05) is 13.6 Å². The van der Waals surface area contributed by atoms with E-state index in [1.807, 2.05) is 6.07 Å². The minimum atomic E-state index is -2.55. The number of nitrogens with zero attached hydrogens (tertiary/aromatic N) is 2. The van der Waals surface area contributed by atoms with Gasteiger partial charge < -0.3 is 4.90 Å². The zero-order valence-electron chi connectivity index (χ0n) is 8.65. The van der Waals surface area contributed by atoms with E-state index in [2.05, 4.69) is 0 Å². The maximum absolute atomic E-state index is 12.0. The molecule has 0 unspecified atom stereocenters. The highest BCUT2D eigenvalue weighted by Gasteiger charge is 2.15. The number of halogens is 2. The first-order valence-electron chi connectivity index (χ1n) is 4.58. The number of hydrogen-bond donors (Lipinski definition) is 0. The molecule has 0 saturated heterocycles. The van der Waals surface area contributed by atoms with Gasteiger partial charge in [-0.25, -0.2) is 8.78 Å². The van der Waals surface area contributed by atoms with Gasteiger partial charge in [0.1, 0.15) is 0 Å². The van der Waals surface area contributed by atoms with Crippen LogP contribution in [0.2, 0.25) is 0 Å². The summed E-state index contributed by atoms with van der Waals surface area (Å²) in [4.78, 5) is 12.5. The van der Waals surface area contributed by atoms with Crippen LogP contribution in [-0.4, -0.2) is 30.8 Å².